The van der Waals surface area contributed by atoms with Gasteiger partial charge in [-0.25, -0.2) is 4.99 Å². The third-order valence-electron chi connectivity index (χ3n) is 1.53. The van der Waals surface area contributed by atoms with Crippen LogP contribution in [0, 0.1) is 0 Å². The van der Waals surface area contributed by atoms with Crippen LogP contribution in [0.25, 0.3) is 0 Å². The highest BCUT2D eigenvalue weighted by atomic mass is 16.3. The molecule has 0 bridgehead atoms. The zero-order valence-corrected chi connectivity index (χ0v) is 6.18. The van der Waals surface area contributed by atoms with Crippen LogP contribution < -0.4 is 5.43 Å². The molecule has 0 saturated heterocycles. The first-order valence-corrected chi connectivity index (χ1v) is 3.46. The minimum atomic E-state index is 0.172. The fraction of sp³-hybridized carbons (Fsp3) is 0. The molecule has 59 valence electrons. The van der Waals surface area contributed by atoms with Gasteiger partial charge in [0.05, 0.1) is 5.56 Å². The maximum Gasteiger partial charge on any atom is 0.187 e. The molecular weight excluding hydrogens is 154 g/mol. The highest BCUT2D eigenvalue weighted by Crippen LogP contribution is 2.17. The zero-order valence-electron chi connectivity index (χ0n) is 6.18. The summed E-state index contributed by atoms with van der Waals surface area (Å²) in [4.78, 5) is 3.87. The molecule has 1 aliphatic heterocycles. The van der Waals surface area contributed by atoms with Crippen LogP contribution in [0.1, 0.15) is 5.56 Å². The van der Waals surface area contributed by atoms with Gasteiger partial charge in [-0.05, 0) is 12.1 Å². The number of aromatic hydroxyl groups is 1. The lowest BCUT2D eigenvalue weighted by atomic mass is 10.2. The molecule has 0 aliphatic carbocycles. The zero-order chi connectivity index (χ0) is 8.39. The van der Waals surface area contributed by atoms with Crippen LogP contribution in [0.3, 0.4) is 0 Å². The number of nitrogens with zero attached hydrogens (tertiary/aromatic N) is 3. The molecule has 12 heavy (non-hydrogen) atoms. The van der Waals surface area contributed by atoms with E-state index in [-0.39, 0.29) is 5.75 Å². The molecule has 0 amide bonds. The van der Waals surface area contributed by atoms with E-state index in [4.69, 9.17) is 0 Å². The van der Waals surface area contributed by atoms with Crippen LogP contribution in [-0.2, 0) is 0 Å². The van der Waals surface area contributed by atoms with Gasteiger partial charge in [-0.2, -0.15) is 0 Å². The molecule has 1 N–H and O–H groups in total. The number of para-hydroxylation sites is 1. The number of aliphatic imine (C=N–C) groups is 1. The van der Waals surface area contributed by atoms with Gasteiger partial charge in [-0.15, -0.1) is 10.5 Å². The van der Waals surface area contributed by atoms with E-state index in [1.807, 2.05) is 6.07 Å². The Kier molecular flexibility index (Phi) is 1.51. The number of hydrogen-bond donors (Lipinski definition) is 1. The highest BCUT2D eigenvalue weighted by Gasteiger charge is 2.09. The average molecular weight is 160 g/mol. The Labute approximate surface area is 69.3 Å². The first-order chi connectivity index (χ1) is 5.88. The summed E-state index contributed by atoms with van der Waals surface area (Å²) in [6, 6.07) is 6.89. The Morgan fingerprint density at radius 3 is 2.67 bits per heavy atom. The normalized spacial score (nSPS) is 14.2. The smallest absolute Gasteiger partial charge is 0.187 e. The van der Waals surface area contributed by atoms with E-state index < -0.39 is 0 Å². The van der Waals surface area contributed by atoms with Crippen molar-refractivity contribution in [3.8, 4) is 5.75 Å². The molecule has 0 fully saturated rings. The predicted octanol–water partition coefficient (Wildman–Crippen LogP) is 0.700. The predicted molar refractivity (Wildman–Crippen MR) is 45.3 cm³/mol. The summed E-state index contributed by atoms with van der Waals surface area (Å²) in [7, 11) is 0. The summed E-state index contributed by atoms with van der Waals surface area (Å²) in [5, 5.41) is 13.1. The molecular formula is C8H6N3O. The van der Waals surface area contributed by atoms with Gasteiger partial charge in [0.2, 0.25) is 0 Å². The Morgan fingerprint density at radius 2 is 2.00 bits per heavy atom. The number of phenolic OH excluding ortho intramolecular Hbond substituents is 1. The van der Waals surface area contributed by atoms with Crippen molar-refractivity contribution in [2.45, 2.75) is 0 Å². The van der Waals surface area contributed by atoms with Gasteiger partial charge in [-0.1, -0.05) is 12.1 Å². The second-order valence-electron chi connectivity index (χ2n) is 2.30. The number of hydrogen-bond acceptors (Lipinski definition) is 3. The summed E-state index contributed by atoms with van der Waals surface area (Å²) in [6.07, 6.45) is 1.35. The second kappa shape index (κ2) is 2.65. The second-order valence-corrected chi connectivity index (χ2v) is 2.30. The van der Waals surface area contributed by atoms with Crippen molar-refractivity contribution in [2.75, 3.05) is 0 Å². The van der Waals surface area contributed by atoms with E-state index in [0.717, 1.165) is 0 Å². The Bertz CT molecular complexity index is 357. The molecule has 0 spiro atoms. The largest absolute Gasteiger partial charge is 0.507 e. The first-order valence-electron chi connectivity index (χ1n) is 3.46. The van der Waals surface area contributed by atoms with E-state index in [2.05, 4.69) is 15.5 Å². The minimum absolute atomic E-state index is 0.172. The highest BCUT2D eigenvalue weighted by molar-refractivity contribution is 6.06. The minimum Gasteiger partial charge on any atom is -0.507 e. The third-order valence-corrected chi connectivity index (χ3v) is 1.53. The molecule has 1 heterocycles. The van der Waals surface area contributed by atoms with Gasteiger partial charge in [0.25, 0.3) is 0 Å². The number of benzene rings is 1. The Hall–Kier alpha value is -1.84. The van der Waals surface area contributed by atoms with Crippen molar-refractivity contribution in [3.05, 3.63) is 29.8 Å². The van der Waals surface area contributed by atoms with Crippen molar-refractivity contribution in [3.63, 3.8) is 0 Å². The summed E-state index contributed by atoms with van der Waals surface area (Å²) in [5.74, 6) is 0.624. The molecule has 4 heteroatoms. The molecule has 0 saturated carbocycles. The van der Waals surface area contributed by atoms with E-state index in [0.29, 0.717) is 11.4 Å². The molecule has 1 aromatic carbocycles. The molecule has 0 unspecified atom stereocenters. The van der Waals surface area contributed by atoms with Gasteiger partial charge < -0.3 is 5.11 Å². The molecule has 1 radical (unpaired) electrons. The standard InChI is InChI=1S/C8H6N3O/c12-7-4-2-1-3-6(7)8-9-5-10-11-8/h1-5,12H. The average Bonchev–Trinajstić information content (AvgIpc) is 2.57. The molecule has 4 nitrogen and oxygen atoms in total. The van der Waals surface area contributed by atoms with E-state index in [1.54, 1.807) is 18.2 Å². The fourth-order valence-corrected chi connectivity index (χ4v) is 0.973. The number of amidine groups is 1. The first kappa shape index (κ1) is 6.84. The van der Waals surface area contributed by atoms with Crippen LogP contribution in [0.2, 0.25) is 0 Å². The molecule has 0 aromatic heterocycles. The number of phenols is 1. The SMILES string of the molecule is Oc1ccccc1C1=N[N]C=N1. The maximum absolute atomic E-state index is 9.37. The van der Waals surface area contributed by atoms with Gasteiger partial charge in [0.1, 0.15) is 12.1 Å². The summed E-state index contributed by atoms with van der Waals surface area (Å²) < 4.78 is 0. The number of rotatable bonds is 1. The third kappa shape index (κ3) is 1.03. The molecule has 1 aliphatic rings. The van der Waals surface area contributed by atoms with Crippen molar-refractivity contribution in [1.29, 1.82) is 0 Å². The van der Waals surface area contributed by atoms with Crippen molar-refractivity contribution < 1.29 is 5.11 Å². The molecule has 2 rings (SSSR count). The lowest BCUT2D eigenvalue weighted by Crippen LogP contribution is -1.94. The Morgan fingerprint density at radius 1 is 1.17 bits per heavy atom. The summed E-state index contributed by atoms with van der Waals surface area (Å²) in [6.45, 7) is 0. The van der Waals surface area contributed by atoms with Crippen LogP contribution >= 0.6 is 0 Å². The topological polar surface area (TPSA) is 59.1 Å². The van der Waals surface area contributed by atoms with Gasteiger partial charge in [-0.3, -0.25) is 0 Å². The Balaban J connectivity index is 2.46. The molecule has 1 aromatic rings. The monoisotopic (exact) mass is 160 g/mol. The van der Waals surface area contributed by atoms with Gasteiger partial charge in [0.15, 0.2) is 5.84 Å². The quantitative estimate of drug-likeness (QED) is 0.645. The van der Waals surface area contributed by atoms with Crippen molar-refractivity contribution >= 4 is 12.2 Å². The fourth-order valence-electron chi connectivity index (χ4n) is 0.973. The van der Waals surface area contributed by atoms with Crippen LogP contribution in [-0.4, -0.2) is 17.3 Å². The maximum atomic E-state index is 9.37. The van der Waals surface area contributed by atoms with Crippen LogP contribution in [0.15, 0.2) is 34.4 Å². The lowest BCUT2D eigenvalue weighted by molar-refractivity contribution is 0.474. The van der Waals surface area contributed by atoms with Gasteiger partial charge >= 0.3 is 0 Å². The van der Waals surface area contributed by atoms with Crippen LogP contribution in [0.5, 0.6) is 5.75 Å². The molecule has 0 atom stereocenters. The van der Waals surface area contributed by atoms with E-state index >= 15 is 0 Å². The summed E-state index contributed by atoms with van der Waals surface area (Å²) >= 11 is 0. The van der Waals surface area contributed by atoms with E-state index in [1.165, 1.54) is 6.34 Å². The van der Waals surface area contributed by atoms with Crippen molar-refractivity contribution in [1.82, 2.24) is 5.43 Å². The summed E-state index contributed by atoms with van der Waals surface area (Å²) in [5.41, 5.74) is 4.17. The van der Waals surface area contributed by atoms with Crippen molar-refractivity contribution in [2.24, 2.45) is 10.1 Å². The van der Waals surface area contributed by atoms with E-state index in [9.17, 15) is 5.11 Å². The van der Waals surface area contributed by atoms with Gasteiger partial charge in [0, 0.05) is 0 Å². The lowest BCUT2D eigenvalue weighted by Gasteiger charge is -1.98. The van der Waals surface area contributed by atoms with Crippen LogP contribution in [0.4, 0.5) is 0 Å².